The van der Waals surface area contributed by atoms with Crippen molar-refractivity contribution >= 4 is 5.97 Å². The summed E-state index contributed by atoms with van der Waals surface area (Å²) in [7, 11) is 2.86. The zero-order valence-electron chi connectivity index (χ0n) is 23.1. The molecule has 226 valence electrons. The predicted molar refractivity (Wildman–Crippen MR) is 138 cm³/mol. The molecule has 0 bridgehead atoms. The average Bonchev–Trinajstić information content (AvgIpc) is 3.61. The number of carbonyl (C=O) groups excluding carboxylic acids is 1. The van der Waals surface area contributed by atoms with Gasteiger partial charge in [-0.25, -0.2) is 0 Å². The molecular weight excluding hydrogens is 556 g/mol. The molecule has 2 aromatic rings. The zero-order chi connectivity index (χ0) is 29.3. The Morgan fingerprint density at radius 2 is 1.57 bits per heavy atom. The normalized spacial score (nSPS) is 36.5. The number of carbonyl (C=O) groups is 1. The average molecular weight is 589 g/mol. The Labute approximate surface area is 240 Å². The molecular formula is C29H32O13. The summed E-state index contributed by atoms with van der Waals surface area (Å²) in [4.78, 5) is 13.4. The maximum absolute atomic E-state index is 13.4. The fourth-order valence-electron chi connectivity index (χ4n) is 6.74. The number of aliphatic hydroxyl groups is 2. The third-order valence-electron chi connectivity index (χ3n) is 8.75. The van der Waals surface area contributed by atoms with Crippen LogP contribution in [0.25, 0.3) is 0 Å². The van der Waals surface area contributed by atoms with Crippen molar-refractivity contribution in [2.24, 2.45) is 11.8 Å². The molecule has 42 heavy (non-hydrogen) atoms. The Morgan fingerprint density at radius 1 is 0.881 bits per heavy atom. The molecule has 2 aromatic carbocycles. The van der Waals surface area contributed by atoms with Gasteiger partial charge in [0.1, 0.15) is 24.4 Å². The largest absolute Gasteiger partial charge is 0.502 e. The number of hydrogen-bond donors (Lipinski definition) is 3. The van der Waals surface area contributed by atoms with Gasteiger partial charge in [0, 0.05) is 11.8 Å². The van der Waals surface area contributed by atoms with E-state index in [4.69, 9.17) is 42.6 Å². The van der Waals surface area contributed by atoms with Crippen molar-refractivity contribution in [1.29, 1.82) is 0 Å². The molecule has 4 aliphatic heterocycles. The number of benzene rings is 2. The molecule has 13 nitrogen and oxygen atoms in total. The maximum Gasteiger partial charge on any atom is 0.310 e. The number of aliphatic hydroxyl groups excluding tert-OH is 2. The van der Waals surface area contributed by atoms with Crippen LogP contribution in [-0.2, 0) is 28.5 Å². The number of phenolic OH excluding ortho intramolecular Hbond substituents is 1. The Bertz CT molecular complexity index is 1350. The van der Waals surface area contributed by atoms with Crippen LogP contribution in [0.2, 0.25) is 0 Å². The number of methoxy groups -OCH3 is 2. The summed E-state index contributed by atoms with van der Waals surface area (Å²) in [5, 5.41) is 32.5. The summed E-state index contributed by atoms with van der Waals surface area (Å²) >= 11 is 0. The molecule has 10 atom stereocenters. The van der Waals surface area contributed by atoms with E-state index < -0.39 is 66.8 Å². The topological polar surface area (TPSA) is 161 Å². The highest BCUT2D eigenvalue weighted by atomic mass is 16.8. The lowest BCUT2D eigenvalue weighted by Gasteiger charge is -2.47. The van der Waals surface area contributed by atoms with Gasteiger partial charge in [-0.15, -0.1) is 0 Å². The van der Waals surface area contributed by atoms with Crippen molar-refractivity contribution < 1.29 is 62.7 Å². The lowest BCUT2D eigenvalue weighted by atomic mass is 9.66. The lowest BCUT2D eigenvalue weighted by Crippen LogP contribution is -2.63. The summed E-state index contributed by atoms with van der Waals surface area (Å²) in [5.74, 6) is -1.02. The van der Waals surface area contributed by atoms with Crippen LogP contribution in [-0.4, -0.2) is 92.5 Å². The Balaban J connectivity index is 1.32. The molecule has 5 aliphatic rings. The van der Waals surface area contributed by atoms with Gasteiger partial charge in [-0.1, -0.05) is 0 Å². The number of phenols is 1. The van der Waals surface area contributed by atoms with Crippen LogP contribution in [0.15, 0.2) is 24.3 Å². The molecule has 0 unspecified atom stereocenters. The molecule has 3 fully saturated rings. The van der Waals surface area contributed by atoms with Crippen LogP contribution < -0.4 is 18.9 Å². The Kier molecular flexibility index (Phi) is 6.83. The zero-order valence-corrected chi connectivity index (χ0v) is 23.1. The highest BCUT2D eigenvalue weighted by molar-refractivity contribution is 5.79. The number of fused-ring (bicyclic) bond motifs is 4. The predicted octanol–water partition coefficient (Wildman–Crippen LogP) is 1.34. The quantitative estimate of drug-likeness (QED) is 0.430. The van der Waals surface area contributed by atoms with E-state index >= 15 is 0 Å². The Morgan fingerprint density at radius 3 is 2.26 bits per heavy atom. The van der Waals surface area contributed by atoms with Crippen LogP contribution in [0, 0.1) is 11.8 Å². The highest BCUT2D eigenvalue weighted by Crippen LogP contribution is 2.57. The second-order valence-corrected chi connectivity index (χ2v) is 11.0. The monoisotopic (exact) mass is 588 g/mol. The van der Waals surface area contributed by atoms with E-state index in [9.17, 15) is 20.1 Å². The van der Waals surface area contributed by atoms with E-state index in [1.807, 2.05) is 0 Å². The molecule has 0 amide bonds. The van der Waals surface area contributed by atoms with Crippen molar-refractivity contribution in [1.82, 2.24) is 0 Å². The SMILES string of the molecule is COc1cc([C@@H]2c3cc4c(cc3[C@@H](O[C@@H]3O[C@@H]5CO[C@H](C)O[C@H]5[C@H](O)[C@@H]3O)[C@H]3COC(=O)[C@H]23)OCO4)cc(OC)c1O. The van der Waals surface area contributed by atoms with E-state index in [0.717, 1.165) is 0 Å². The van der Waals surface area contributed by atoms with Crippen LogP contribution in [0.3, 0.4) is 0 Å². The minimum atomic E-state index is -1.44. The van der Waals surface area contributed by atoms with Gasteiger partial charge in [-0.05, 0) is 47.9 Å². The van der Waals surface area contributed by atoms with Gasteiger partial charge < -0.3 is 58.0 Å². The van der Waals surface area contributed by atoms with E-state index in [1.165, 1.54) is 14.2 Å². The van der Waals surface area contributed by atoms with Gasteiger partial charge in [0.05, 0.1) is 39.5 Å². The summed E-state index contributed by atoms with van der Waals surface area (Å²) < 4.78 is 51.5. The molecule has 3 N–H and O–H groups in total. The molecule has 0 spiro atoms. The first-order valence-electron chi connectivity index (χ1n) is 13.8. The number of hydrogen-bond acceptors (Lipinski definition) is 13. The standard InChI is InChI=1S/C29H32O13/c1-11-36-9-20-27(40-11)24(31)25(32)29(41-20)42-26-14-7-17-16(38-10-39-17)6-13(14)21(22-15(26)8-37-28(22)33)12-4-18(34-2)23(30)19(5-12)35-3/h4-7,11,15,20-22,24-27,29-32H,8-10H2,1-3H3/t11-,15-,20+,21+,22-,24+,25-,26+,27+,29-/m0/s1. The van der Waals surface area contributed by atoms with Gasteiger partial charge in [0.15, 0.2) is 35.6 Å². The molecule has 0 saturated carbocycles. The highest BCUT2D eigenvalue weighted by Gasteiger charge is 2.56. The lowest BCUT2D eigenvalue weighted by molar-refractivity contribution is -0.364. The second kappa shape index (κ2) is 10.4. The smallest absolute Gasteiger partial charge is 0.310 e. The van der Waals surface area contributed by atoms with E-state index in [0.29, 0.717) is 28.2 Å². The summed E-state index contributed by atoms with van der Waals surface area (Å²) in [6, 6.07) is 6.93. The fourth-order valence-corrected chi connectivity index (χ4v) is 6.74. The van der Waals surface area contributed by atoms with Crippen molar-refractivity contribution in [2.75, 3.05) is 34.2 Å². The van der Waals surface area contributed by atoms with Crippen molar-refractivity contribution in [2.45, 2.75) is 55.9 Å². The summed E-state index contributed by atoms with van der Waals surface area (Å²) in [5.41, 5.74) is 2.01. The third kappa shape index (κ3) is 4.26. The van der Waals surface area contributed by atoms with Crippen molar-refractivity contribution in [3.05, 3.63) is 41.0 Å². The first-order chi connectivity index (χ1) is 20.3. The van der Waals surface area contributed by atoms with Gasteiger partial charge in [0.2, 0.25) is 12.5 Å². The number of aromatic hydroxyl groups is 1. The van der Waals surface area contributed by atoms with Gasteiger partial charge >= 0.3 is 5.97 Å². The molecule has 1 aliphatic carbocycles. The minimum absolute atomic E-state index is 0.0301. The number of cyclic esters (lactones) is 1. The number of ether oxygens (including phenoxy) is 9. The van der Waals surface area contributed by atoms with Crippen LogP contribution in [0.5, 0.6) is 28.7 Å². The Hall–Kier alpha value is -3.33. The molecule has 4 heterocycles. The van der Waals surface area contributed by atoms with E-state index in [2.05, 4.69) is 0 Å². The molecule has 0 radical (unpaired) electrons. The maximum atomic E-state index is 13.4. The molecule has 7 rings (SSSR count). The molecule has 3 saturated heterocycles. The number of esters is 1. The van der Waals surface area contributed by atoms with Gasteiger partial charge in [-0.2, -0.15) is 0 Å². The van der Waals surface area contributed by atoms with Crippen molar-refractivity contribution in [3.8, 4) is 28.7 Å². The van der Waals surface area contributed by atoms with Gasteiger partial charge in [0.25, 0.3) is 0 Å². The minimum Gasteiger partial charge on any atom is -0.502 e. The van der Waals surface area contributed by atoms with Crippen LogP contribution >= 0.6 is 0 Å². The summed E-state index contributed by atoms with van der Waals surface area (Å²) in [6.07, 6.45) is -6.80. The first kappa shape index (κ1) is 27.5. The van der Waals surface area contributed by atoms with Crippen LogP contribution in [0.4, 0.5) is 0 Å². The molecule has 0 aromatic heterocycles. The van der Waals surface area contributed by atoms with Gasteiger partial charge in [-0.3, -0.25) is 4.79 Å². The first-order valence-corrected chi connectivity index (χ1v) is 13.8. The second-order valence-electron chi connectivity index (χ2n) is 11.0. The van der Waals surface area contributed by atoms with E-state index in [-0.39, 0.29) is 37.3 Å². The molecule has 13 heteroatoms. The summed E-state index contributed by atoms with van der Waals surface area (Å²) in [6.45, 7) is 1.93. The number of rotatable bonds is 5. The third-order valence-corrected chi connectivity index (χ3v) is 8.75. The van der Waals surface area contributed by atoms with Crippen molar-refractivity contribution in [3.63, 3.8) is 0 Å². The van der Waals surface area contributed by atoms with E-state index in [1.54, 1.807) is 31.2 Å². The fraction of sp³-hybridized carbons (Fsp3) is 0.552. The van der Waals surface area contributed by atoms with Crippen LogP contribution in [0.1, 0.15) is 35.6 Å².